The van der Waals surface area contributed by atoms with Crippen LogP contribution >= 0.6 is 27.3 Å². The minimum absolute atomic E-state index is 0.00472. The molecule has 0 saturated heterocycles. The van der Waals surface area contributed by atoms with Crippen LogP contribution in [0, 0.1) is 5.82 Å². The first-order chi connectivity index (χ1) is 7.99. The maximum absolute atomic E-state index is 12.9. The normalized spacial score (nSPS) is 11.4. The Morgan fingerprint density at radius 3 is 2.65 bits per heavy atom. The largest absolute Gasteiger partial charge is 0.279 e. The van der Waals surface area contributed by atoms with Crippen molar-refractivity contribution in [2.45, 2.75) is 4.90 Å². The van der Waals surface area contributed by atoms with E-state index in [9.17, 15) is 12.8 Å². The van der Waals surface area contributed by atoms with E-state index in [2.05, 4.69) is 20.7 Å². The molecule has 2 aromatic rings. The van der Waals surface area contributed by atoms with Crippen molar-refractivity contribution >= 4 is 43.0 Å². The van der Waals surface area contributed by atoms with E-state index in [-0.39, 0.29) is 9.37 Å². The van der Waals surface area contributed by atoms with Gasteiger partial charge in [0.15, 0.2) is 0 Å². The van der Waals surface area contributed by atoms with Crippen LogP contribution in [-0.4, -0.2) is 8.42 Å². The summed E-state index contributed by atoms with van der Waals surface area (Å²) in [4.78, 5) is 0.00472. The van der Waals surface area contributed by atoms with Gasteiger partial charge in [0.25, 0.3) is 10.0 Å². The maximum Gasteiger partial charge on any atom is 0.263 e. The number of rotatable bonds is 3. The molecule has 1 N–H and O–H groups in total. The molecule has 2 rings (SSSR count). The van der Waals surface area contributed by atoms with E-state index in [1.807, 2.05) is 0 Å². The van der Waals surface area contributed by atoms with Crippen molar-refractivity contribution in [3.63, 3.8) is 0 Å². The Balaban J connectivity index is 2.38. The Bertz CT molecular complexity index is 626. The van der Waals surface area contributed by atoms with E-state index < -0.39 is 15.8 Å². The zero-order valence-electron chi connectivity index (χ0n) is 8.35. The third kappa shape index (κ3) is 2.85. The summed E-state index contributed by atoms with van der Waals surface area (Å²) >= 11 is 4.41. The van der Waals surface area contributed by atoms with Crippen LogP contribution in [0.1, 0.15) is 0 Å². The summed E-state index contributed by atoms with van der Waals surface area (Å²) in [7, 11) is -3.69. The van der Waals surface area contributed by atoms with Gasteiger partial charge in [0, 0.05) is 9.85 Å². The lowest BCUT2D eigenvalue weighted by Gasteiger charge is -2.07. The molecule has 0 spiro atoms. The maximum atomic E-state index is 12.9. The SMILES string of the molecule is O=S(=O)(Nc1ccsc1)c1ccc(F)cc1Br. The summed E-state index contributed by atoms with van der Waals surface area (Å²) in [6.45, 7) is 0. The number of hydrogen-bond acceptors (Lipinski definition) is 3. The highest BCUT2D eigenvalue weighted by Crippen LogP contribution is 2.25. The highest BCUT2D eigenvalue weighted by atomic mass is 79.9. The number of anilines is 1. The molecule has 0 fully saturated rings. The van der Waals surface area contributed by atoms with Gasteiger partial charge in [-0.1, -0.05) is 0 Å². The summed E-state index contributed by atoms with van der Waals surface area (Å²) in [6, 6.07) is 5.09. The molecule has 0 saturated carbocycles. The molecule has 1 heterocycles. The van der Waals surface area contributed by atoms with Gasteiger partial charge < -0.3 is 0 Å². The van der Waals surface area contributed by atoms with Gasteiger partial charge >= 0.3 is 0 Å². The second-order valence-electron chi connectivity index (χ2n) is 3.19. The Labute approximate surface area is 110 Å². The Hall–Kier alpha value is -0.920. The molecular weight excluding hydrogens is 329 g/mol. The number of benzene rings is 1. The lowest BCUT2D eigenvalue weighted by Crippen LogP contribution is -2.13. The van der Waals surface area contributed by atoms with E-state index in [0.717, 1.165) is 12.1 Å². The molecule has 0 bridgehead atoms. The molecule has 0 amide bonds. The van der Waals surface area contributed by atoms with Gasteiger partial charge in [-0.05, 0) is 45.6 Å². The molecule has 1 aromatic carbocycles. The first kappa shape index (κ1) is 12.5. The van der Waals surface area contributed by atoms with Crippen molar-refractivity contribution in [1.82, 2.24) is 0 Å². The lowest BCUT2D eigenvalue weighted by atomic mass is 10.3. The molecule has 1 aromatic heterocycles. The average molecular weight is 336 g/mol. The number of thiophene rings is 1. The minimum atomic E-state index is -3.69. The van der Waals surface area contributed by atoms with Crippen molar-refractivity contribution < 1.29 is 12.8 Å². The number of hydrogen-bond donors (Lipinski definition) is 1. The van der Waals surface area contributed by atoms with Gasteiger partial charge in [-0.2, -0.15) is 11.3 Å². The second-order valence-corrected chi connectivity index (χ2v) is 6.48. The highest BCUT2D eigenvalue weighted by Gasteiger charge is 2.18. The molecule has 0 aliphatic rings. The van der Waals surface area contributed by atoms with Crippen LogP contribution in [0.25, 0.3) is 0 Å². The third-order valence-corrected chi connectivity index (χ3v) is 5.00. The fourth-order valence-corrected chi connectivity index (χ4v) is 3.99. The first-order valence-electron chi connectivity index (χ1n) is 4.49. The summed E-state index contributed by atoms with van der Waals surface area (Å²) in [5, 5.41) is 3.44. The van der Waals surface area contributed by atoms with Gasteiger partial charge in [0.1, 0.15) is 10.7 Å². The molecular formula is C10H7BrFNO2S2. The average Bonchev–Trinajstić information content (AvgIpc) is 2.68. The number of nitrogens with one attached hydrogen (secondary N) is 1. The smallest absolute Gasteiger partial charge is 0.263 e. The molecule has 0 unspecified atom stereocenters. The first-order valence-corrected chi connectivity index (χ1v) is 7.71. The van der Waals surface area contributed by atoms with Crippen molar-refractivity contribution in [1.29, 1.82) is 0 Å². The second kappa shape index (κ2) is 4.75. The van der Waals surface area contributed by atoms with Crippen LogP contribution in [0.15, 0.2) is 44.4 Å². The van der Waals surface area contributed by atoms with E-state index >= 15 is 0 Å². The predicted octanol–water partition coefficient (Wildman–Crippen LogP) is 3.45. The number of sulfonamides is 1. The lowest BCUT2D eigenvalue weighted by molar-refractivity contribution is 0.599. The van der Waals surface area contributed by atoms with Crippen molar-refractivity contribution in [3.05, 3.63) is 45.3 Å². The van der Waals surface area contributed by atoms with Gasteiger partial charge in [-0.15, -0.1) is 0 Å². The predicted molar refractivity (Wildman–Crippen MR) is 69.2 cm³/mol. The van der Waals surface area contributed by atoms with Crippen LogP contribution in [0.2, 0.25) is 0 Å². The standard InChI is InChI=1S/C10H7BrFNO2S2/c11-9-5-7(12)1-2-10(9)17(14,15)13-8-3-4-16-6-8/h1-6,13H. The molecule has 0 aliphatic heterocycles. The Kier molecular flexibility index (Phi) is 3.50. The van der Waals surface area contributed by atoms with Crippen molar-refractivity contribution in [2.75, 3.05) is 4.72 Å². The monoisotopic (exact) mass is 335 g/mol. The molecule has 3 nitrogen and oxygen atoms in total. The zero-order chi connectivity index (χ0) is 12.5. The summed E-state index contributed by atoms with van der Waals surface area (Å²) in [5.41, 5.74) is 0.492. The highest BCUT2D eigenvalue weighted by molar-refractivity contribution is 9.10. The summed E-state index contributed by atoms with van der Waals surface area (Å²) in [6.07, 6.45) is 0. The molecule has 0 atom stereocenters. The third-order valence-electron chi connectivity index (χ3n) is 1.96. The van der Waals surface area contributed by atoms with Gasteiger partial charge in [-0.3, -0.25) is 4.72 Å². The van der Waals surface area contributed by atoms with E-state index in [4.69, 9.17) is 0 Å². The van der Waals surface area contributed by atoms with Crippen molar-refractivity contribution in [3.8, 4) is 0 Å². The van der Waals surface area contributed by atoms with Crippen LogP contribution in [0.3, 0.4) is 0 Å². The topological polar surface area (TPSA) is 46.2 Å². The van der Waals surface area contributed by atoms with Gasteiger partial charge in [0.2, 0.25) is 0 Å². The number of halogens is 2. The molecule has 7 heteroatoms. The fourth-order valence-electron chi connectivity index (χ4n) is 1.23. The quantitative estimate of drug-likeness (QED) is 0.933. The fraction of sp³-hybridized carbons (Fsp3) is 0. The molecule has 90 valence electrons. The molecule has 0 aliphatic carbocycles. The zero-order valence-corrected chi connectivity index (χ0v) is 11.6. The van der Waals surface area contributed by atoms with E-state index in [1.165, 1.54) is 17.4 Å². The van der Waals surface area contributed by atoms with Crippen LogP contribution in [0.4, 0.5) is 10.1 Å². The van der Waals surface area contributed by atoms with Gasteiger partial charge in [0.05, 0.1) is 5.69 Å². The summed E-state index contributed by atoms with van der Waals surface area (Å²) in [5.74, 6) is -0.494. The van der Waals surface area contributed by atoms with E-state index in [1.54, 1.807) is 16.8 Å². The Morgan fingerprint density at radius 1 is 1.29 bits per heavy atom. The molecule has 0 radical (unpaired) electrons. The van der Waals surface area contributed by atoms with Crippen LogP contribution < -0.4 is 4.72 Å². The molecule has 17 heavy (non-hydrogen) atoms. The Morgan fingerprint density at radius 2 is 2.06 bits per heavy atom. The van der Waals surface area contributed by atoms with Crippen LogP contribution in [0.5, 0.6) is 0 Å². The summed E-state index contributed by atoms with van der Waals surface area (Å²) < 4.78 is 39.4. The van der Waals surface area contributed by atoms with E-state index in [0.29, 0.717) is 5.69 Å². The van der Waals surface area contributed by atoms with Gasteiger partial charge in [-0.25, -0.2) is 12.8 Å². The minimum Gasteiger partial charge on any atom is -0.279 e. The van der Waals surface area contributed by atoms with Crippen molar-refractivity contribution in [2.24, 2.45) is 0 Å². The van der Waals surface area contributed by atoms with Crippen LogP contribution in [-0.2, 0) is 10.0 Å².